The second-order valence-corrected chi connectivity index (χ2v) is 9.84. The fourth-order valence-corrected chi connectivity index (χ4v) is 4.73. The summed E-state index contributed by atoms with van der Waals surface area (Å²) in [4.78, 5) is 54.4. The molecule has 0 saturated carbocycles. The number of benzene rings is 1. The molecule has 1 saturated heterocycles. The van der Waals surface area contributed by atoms with E-state index in [0.29, 0.717) is 37.1 Å². The minimum absolute atomic E-state index is 0.0324. The number of carbonyl (C=O) groups excluding carboxylic acids is 4. The van der Waals surface area contributed by atoms with E-state index in [1.165, 1.54) is 22.3 Å². The van der Waals surface area contributed by atoms with Crippen LogP contribution in [-0.2, 0) is 0 Å². The molecule has 3 heterocycles. The van der Waals surface area contributed by atoms with Crippen LogP contribution in [0.2, 0.25) is 0 Å². The standard InChI is InChI=1S/C23H25N3O4S/c1-23(2,3)26-20(28)16-7-6-14(13-17(16)21(26)29)19(27)24-15-8-10-25(11-9-15)22(30)18-5-4-12-31-18/h4-7,12-13,15H,8-11H2,1-3H3,(H,24,27). The highest BCUT2D eigenvalue weighted by atomic mass is 32.1. The SMILES string of the molecule is CC(C)(C)N1C(=O)c2ccc(C(=O)NC3CCN(C(=O)c4cccs4)CC3)cc2C1=O. The van der Waals surface area contributed by atoms with Crippen LogP contribution in [0.25, 0.3) is 0 Å². The van der Waals surface area contributed by atoms with Crippen LogP contribution in [0, 0.1) is 0 Å². The van der Waals surface area contributed by atoms with Gasteiger partial charge in [-0.2, -0.15) is 0 Å². The summed E-state index contributed by atoms with van der Waals surface area (Å²) in [6.45, 7) is 6.58. The number of carbonyl (C=O) groups is 4. The van der Waals surface area contributed by atoms with Crippen LogP contribution in [0.5, 0.6) is 0 Å². The second-order valence-electron chi connectivity index (χ2n) is 8.89. The quantitative estimate of drug-likeness (QED) is 0.745. The van der Waals surface area contributed by atoms with Gasteiger partial charge >= 0.3 is 0 Å². The van der Waals surface area contributed by atoms with E-state index in [2.05, 4.69) is 5.32 Å². The van der Waals surface area contributed by atoms with Crippen molar-refractivity contribution in [2.75, 3.05) is 13.1 Å². The van der Waals surface area contributed by atoms with Crippen molar-refractivity contribution in [2.45, 2.75) is 45.2 Å². The summed E-state index contributed by atoms with van der Waals surface area (Å²) in [5.74, 6) is -0.949. The molecule has 1 aromatic heterocycles. The molecule has 1 fully saturated rings. The Hall–Kier alpha value is -3.00. The first-order chi connectivity index (χ1) is 14.7. The Morgan fingerprint density at radius 3 is 2.32 bits per heavy atom. The molecule has 0 bridgehead atoms. The lowest BCUT2D eigenvalue weighted by atomic mass is 10.0. The number of rotatable bonds is 3. The number of piperidine rings is 1. The molecule has 0 atom stereocenters. The molecule has 1 aromatic carbocycles. The summed E-state index contributed by atoms with van der Waals surface area (Å²) in [6.07, 6.45) is 1.34. The Bertz CT molecular complexity index is 1050. The molecule has 8 heteroatoms. The van der Waals surface area contributed by atoms with Crippen LogP contribution in [0.3, 0.4) is 0 Å². The Morgan fingerprint density at radius 1 is 1.03 bits per heavy atom. The highest BCUT2D eigenvalue weighted by Gasteiger charge is 2.42. The van der Waals surface area contributed by atoms with Crippen molar-refractivity contribution < 1.29 is 19.2 Å². The topological polar surface area (TPSA) is 86.8 Å². The van der Waals surface area contributed by atoms with Crippen LogP contribution in [0.4, 0.5) is 0 Å². The molecule has 2 aromatic rings. The van der Waals surface area contributed by atoms with Crippen LogP contribution >= 0.6 is 11.3 Å². The highest BCUT2D eigenvalue weighted by molar-refractivity contribution is 7.12. The van der Waals surface area contributed by atoms with Gasteiger partial charge in [0.25, 0.3) is 23.6 Å². The molecule has 1 N–H and O–H groups in total. The third kappa shape index (κ3) is 3.99. The zero-order valence-corrected chi connectivity index (χ0v) is 18.6. The van der Waals surface area contributed by atoms with E-state index in [4.69, 9.17) is 0 Å². The second kappa shape index (κ2) is 7.92. The lowest BCUT2D eigenvalue weighted by Gasteiger charge is -2.32. The smallest absolute Gasteiger partial charge is 0.263 e. The summed E-state index contributed by atoms with van der Waals surface area (Å²) in [7, 11) is 0. The predicted octanol–water partition coefficient (Wildman–Crippen LogP) is 3.18. The first kappa shape index (κ1) is 21.2. The number of hydrogen-bond donors (Lipinski definition) is 1. The van der Waals surface area contributed by atoms with Crippen LogP contribution < -0.4 is 5.32 Å². The van der Waals surface area contributed by atoms with Crippen molar-refractivity contribution >= 4 is 35.0 Å². The maximum atomic E-state index is 12.8. The van der Waals surface area contributed by atoms with Crippen molar-refractivity contribution in [3.63, 3.8) is 0 Å². The molecule has 31 heavy (non-hydrogen) atoms. The minimum atomic E-state index is -0.635. The number of nitrogens with one attached hydrogen (secondary N) is 1. The van der Waals surface area contributed by atoms with E-state index in [1.807, 2.05) is 22.4 Å². The van der Waals surface area contributed by atoms with Crippen molar-refractivity contribution in [1.29, 1.82) is 0 Å². The molecular weight excluding hydrogens is 414 g/mol. The van der Waals surface area contributed by atoms with E-state index >= 15 is 0 Å². The van der Waals surface area contributed by atoms with E-state index in [1.54, 1.807) is 32.9 Å². The maximum Gasteiger partial charge on any atom is 0.263 e. The van der Waals surface area contributed by atoms with Gasteiger partial charge in [0.15, 0.2) is 0 Å². The van der Waals surface area contributed by atoms with Crippen LogP contribution in [0.15, 0.2) is 35.7 Å². The van der Waals surface area contributed by atoms with Gasteiger partial charge in [0, 0.05) is 30.2 Å². The minimum Gasteiger partial charge on any atom is -0.349 e. The number of nitrogens with zero attached hydrogens (tertiary/aromatic N) is 2. The number of hydrogen-bond acceptors (Lipinski definition) is 5. The molecule has 0 radical (unpaired) electrons. The van der Waals surface area contributed by atoms with Gasteiger partial charge in [-0.25, -0.2) is 0 Å². The Kier molecular flexibility index (Phi) is 5.43. The van der Waals surface area contributed by atoms with Crippen molar-refractivity contribution in [1.82, 2.24) is 15.1 Å². The van der Waals surface area contributed by atoms with Gasteiger partial charge in [-0.15, -0.1) is 11.3 Å². The zero-order chi connectivity index (χ0) is 22.3. The summed E-state index contributed by atoms with van der Waals surface area (Å²) in [6, 6.07) is 8.28. The Morgan fingerprint density at radius 2 is 1.71 bits per heavy atom. The van der Waals surface area contributed by atoms with Crippen molar-refractivity contribution in [3.05, 3.63) is 57.3 Å². The third-order valence-corrected chi connectivity index (χ3v) is 6.53. The molecule has 4 rings (SSSR count). The predicted molar refractivity (Wildman–Crippen MR) is 117 cm³/mol. The van der Waals surface area contributed by atoms with Gasteiger partial charge in [0.1, 0.15) is 0 Å². The first-order valence-corrected chi connectivity index (χ1v) is 11.2. The van der Waals surface area contributed by atoms with E-state index in [9.17, 15) is 19.2 Å². The molecule has 162 valence electrons. The van der Waals surface area contributed by atoms with Crippen molar-refractivity contribution in [2.24, 2.45) is 0 Å². The lowest BCUT2D eigenvalue weighted by Crippen LogP contribution is -2.46. The molecule has 0 spiro atoms. The lowest BCUT2D eigenvalue weighted by molar-refractivity contribution is 0.0507. The Labute approximate surface area is 185 Å². The first-order valence-electron chi connectivity index (χ1n) is 10.3. The number of fused-ring (bicyclic) bond motifs is 1. The van der Waals surface area contributed by atoms with Crippen molar-refractivity contribution in [3.8, 4) is 0 Å². The number of amides is 4. The maximum absolute atomic E-state index is 12.8. The summed E-state index contributed by atoms with van der Waals surface area (Å²) < 4.78 is 0. The summed E-state index contributed by atoms with van der Waals surface area (Å²) >= 11 is 1.43. The van der Waals surface area contributed by atoms with Crippen LogP contribution in [-0.4, -0.2) is 58.1 Å². The fourth-order valence-electron chi connectivity index (χ4n) is 4.04. The molecule has 0 unspecified atom stereocenters. The normalized spacial score (nSPS) is 17.1. The van der Waals surface area contributed by atoms with E-state index < -0.39 is 5.54 Å². The van der Waals surface area contributed by atoms with E-state index in [0.717, 1.165) is 4.88 Å². The van der Waals surface area contributed by atoms with Gasteiger partial charge in [-0.05, 0) is 63.3 Å². The highest BCUT2D eigenvalue weighted by Crippen LogP contribution is 2.30. The zero-order valence-electron chi connectivity index (χ0n) is 17.8. The molecule has 2 aliphatic heterocycles. The van der Waals surface area contributed by atoms with Gasteiger partial charge in [0.05, 0.1) is 16.0 Å². The molecule has 7 nitrogen and oxygen atoms in total. The Balaban J connectivity index is 1.40. The molecule has 4 amide bonds. The molecular formula is C23H25N3O4S. The monoisotopic (exact) mass is 439 g/mol. The third-order valence-electron chi connectivity index (χ3n) is 5.67. The fraction of sp³-hybridized carbons (Fsp3) is 0.391. The summed E-state index contributed by atoms with van der Waals surface area (Å²) in [5.41, 5.74) is 0.318. The average molecular weight is 440 g/mol. The number of thiophene rings is 1. The van der Waals surface area contributed by atoms with Crippen LogP contribution in [0.1, 0.15) is 74.4 Å². The number of imide groups is 1. The van der Waals surface area contributed by atoms with Gasteiger partial charge in [0.2, 0.25) is 0 Å². The molecule has 2 aliphatic rings. The van der Waals surface area contributed by atoms with E-state index in [-0.39, 0.29) is 35.2 Å². The molecule has 0 aliphatic carbocycles. The number of likely N-dealkylation sites (tertiary alicyclic amines) is 1. The summed E-state index contributed by atoms with van der Waals surface area (Å²) in [5, 5.41) is 4.89. The van der Waals surface area contributed by atoms with Gasteiger partial charge in [-0.3, -0.25) is 24.1 Å². The van der Waals surface area contributed by atoms with Gasteiger partial charge < -0.3 is 10.2 Å². The van der Waals surface area contributed by atoms with Gasteiger partial charge in [-0.1, -0.05) is 6.07 Å². The average Bonchev–Trinajstić information content (AvgIpc) is 3.35. The largest absolute Gasteiger partial charge is 0.349 e.